The van der Waals surface area contributed by atoms with Crippen molar-refractivity contribution in [1.29, 1.82) is 0 Å². The third-order valence-corrected chi connectivity index (χ3v) is 10.4. The van der Waals surface area contributed by atoms with Crippen LogP contribution in [0.15, 0.2) is 133 Å². The van der Waals surface area contributed by atoms with Crippen LogP contribution < -0.4 is 0 Å². The number of fused-ring (bicyclic) bond motifs is 4. The van der Waals surface area contributed by atoms with Crippen LogP contribution in [0.25, 0.3) is 65.3 Å². The average molecular weight is 756 g/mol. The zero-order chi connectivity index (χ0) is 36.1. The van der Waals surface area contributed by atoms with E-state index in [1.54, 1.807) is 0 Å². The zero-order valence-corrected chi connectivity index (χ0v) is 34.4. The van der Waals surface area contributed by atoms with Crippen LogP contribution in [0.4, 0.5) is 0 Å². The van der Waals surface area contributed by atoms with Crippen molar-refractivity contribution in [1.82, 2.24) is 0 Å². The summed E-state index contributed by atoms with van der Waals surface area (Å²) in [6.45, 7) is 20.8. The van der Waals surface area contributed by atoms with Crippen molar-refractivity contribution in [2.24, 2.45) is 0 Å². The van der Waals surface area contributed by atoms with E-state index in [4.69, 9.17) is 0 Å². The van der Waals surface area contributed by atoms with Crippen LogP contribution in [-0.4, -0.2) is 0 Å². The molecule has 0 saturated carbocycles. The molecule has 0 unspecified atom stereocenters. The van der Waals surface area contributed by atoms with Crippen molar-refractivity contribution in [2.75, 3.05) is 0 Å². The Morgan fingerprint density at radius 2 is 0.846 bits per heavy atom. The Morgan fingerprint density at radius 1 is 0.500 bits per heavy atom. The first-order chi connectivity index (χ1) is 24.8. The molecule has 0 N–H and O–H groups in total. The van der Waals surface area contributed by atoms with E-state index in [9.17, 15) is 0 Å². The quantitative estimate of drug-likeness (QED) is 0.148. The van der Waals surface area contributed by atoms with Crippen LogP contribution in [-0.2, 0) is 31.6 Å². The fourth-order valence-electron chi connectivity index (χ4n) is 7.71. The molecule has 0 aliphatic heterocycles. The van der Waals surface area contributed by atoms with Crippen LogP contribution in [0.1, 0.15) is 75.6 Å². The molecule has 8 aromatic carbocycles. The standard InChI is InChI=1S/C43H34.2C4H9.Zr/c1-27-25-31-17-11-23-37(41(31)39(27)35-21-9-15-29-13-5-7-19-33(29)35)43(3,4)38-24-12-18-32-26-28(2)40(42(32)38)36-22-10-16-30-14-6-8-20-34(30)36;2*1-3-4-2;/h5-26H,1-4H3;2*1,3-4H2,2H3;/q-2;2*-1;+4. The molecular weight excluding hydrogens is 704 g/mol. The van der Waals surface area contributed by atoms with Gasteiger partial charge in [-0.2, -0.15) is 12.8 Å². The number of benzene rings is 6. The fourth-order valence-corrected chi connectivity index (χ4v) is 7.71. The SMILES string of the molecule is Cc1[cH-]c2cccc(C(C)(C)c3cccc4[cH-]c(C)c(-c5cccc6ccccc56)c34)c2c1-c1cccc2ccccc12.[CH2-]CCC.[CH2-]CCC.[Zr+4]. The first kappa shape index (κ1) is 39.2. The van der Waals surface area contributed by atoms with E-state index in [1.165, 1.54) is 100 Å². The fraction of sp³-hybridized carbons (Fsp3) is 0.216. The minimum Gasteiger partial charge on any atom is -0.343 e. The molecule has 0 spiro atoms. The molecule has 0 fully saturated rings. The molecule has 0 aliphatic rings. The second-order valence-corrected chi connectivity index (χ2v) is 14.3. The minimum atomic E-state index is -0.251. The average Bonchev–Trinajstić information content (AvgIpc) is 3.69. The van der Waals surface area contributed by atoms with Gasteiger partial charge in [-0.3, -0.25) is 0 Å². The smallest absolute Gasteiger partial charge is 0.343 e. The van der Waals surface area contributed by atoms with Crippen molar-refractivity contribution >= 4 is 43.1 Å². The predicted molar refractivity (Wildman–Crippen MR) is 227 cm³/mol. The van der Waals surface area contributed by atoms with Crippen LogP contribution in [0, 0.1) is 27.7 Å². The summed E-state index contributed by atoms with van der Waals surface area (Å²) >= 11 is 0. The van der Waals surface area contributed by atoms with Gasteiger partial charge >= 0.3 is 26.2 Å². The molecule has 0 aromatic heterocycles. The van der Waals surface area contributed by atoms with Gasteiger partial charge in [0.15, 0.2) is 0 Å². The molecule has 0 amide bonds. The molecular formula is C51H52Zr. The monoisotopic (exact) mass is 754 g/mol. The van der Waals surface area contributed by atoms with Crippen molar-refractivity contribution < 1.29 is 26.2 Å². The summed E-state index contributed by atoms with van der Waals surface area (Å²) in [4.78, 5) is 0. The van der Waals surface area contributed by atoms with Gasteiger partial charge in [0, 0.05) is 0 Å². The summed E-state index contributed by atoms with van der Waals surface area (Å²) in [6, 6.07) is 49.5. The summed E-state index contributed by atoms with van der Waals surface area (Å²) in [6.07, 6.45) is 4.56. The first-order valence-electron chi connectivity index (χ1n) is 18.7. The Morgan fingerprint density at radius 3 is 1.23 bits per heavy atom. The van der Waals surface area contributed by atoms with Crippen LogP contribution in [0.2, 0.25) is 0 Å². The summed E-state index contributed by atoms with van der Waals surface area (Å²) in [5.74, 6) is 0. The Kier molecular flexibility index (Phi) is 12.9. The Labute approximate surface area is 331 Å². The van der Waals surface area contributed by atoms with E-state index >= 15 is 0 Å². The Hall–Kier alpha value is -4.06. The normalized spacial score (nSPS) is 11.2. The van der Waals surface area contributed by atoms with E-state index < -0.39 is 0 Å². The third kappa shape index (κ3) is 7.41. The van der Waals surface area contributed by atoms with Gasteiger partial charge in [0.1, 0.15) is 0 Å². The summed E-state index contributed by atoms with van der Waals surface area (Å²) in [5.41, 5.74) is 10.5. The van der Waals surface area contributed by atoms with Crippen molar-refractivity contribution in [2.45, 2.75) is 72.6 Å². The van der Waals surface area contributed by atoms with Crippen molar-refractivity contribution in [3.8, 4) is 22.3 Å². The molecule has 8 aromatic rings. The maximum Gasteiger partial charge on any atom is 4.00 e. The molecule has 260 valence electrons. The van der Waals surface area contributed by atoms with E-state index in [2.05, 4.69) is 189 Å². The number of hydrogen-bond donors (Lipinski definition) is 0. The third-order valence-electron chi connectivity index (χ3n) is 10.4. The molecule has 8 rings (SSSR count). The van der Waals surface area contributed by atoms with Gasteiger partial charge in [-0.25, -0.2) is 0 Å². The maximum atomic E-state index is 3.60. The second-order valence-electron chi connectivity index (χ2n) is 14.3. The number of rotatable bonds is 6. The summed E-state index contributed by atoms with van der Waals surface area (Å²) in [5, 5.41) is 10.5. The van der Waals surface area contributed by atoms with Gasteiger partial charge in [-0.1, -0.05) is 174 Å². The van der Waals surface area contributed by atoms with Crippen molar-refractivity contribution in [3.05, 3.63) is 170 Å². The maximum absolute atomic E-state index is 3.60. The molecule has 0 saturated heterocycles. The Balaban J connectivity index is 0.000000530. The van der Waals surface area contributed by atoms with Gasteiger partial charge in [0.25, 0.3) is 0 Å². The molecule has 0 radical (unpaired) electrons. The summed E-state index contributed by atoms with van der Waals surface area (Å²) in [7, 11) is 0. The van der Waals surface area contributed by atoms with Crippen molar-refractivity contribution in [3.63, 3.8) is 0 Å². The topological polar surface area (TPSA) is 0 Å². The van der Waals surface area contributed by atoms with E-state index in [-0.39, 0.29) is 31.6 Å². The van der Waals surface area contributed by atoms with Crippen LogP contribution in [0.3, 0.4) is 0 Å². The van der Waals surface area contributed by atoms with Crippen LogP contribution >= 0.6 is 0 Å². The molecule has 0 heterocycles. The number of aryl methyl sites for hydroxylation is 2. The molecule has 0 nitrogen and oxygen atoms in total. The molecule has 0 bridgehead atoms. The first-order valence-corrected chi connectivity index (χ1v) is 18.7. The van der Waals surface area contributed by atoms with E-state index in [0.717, 1.165) is 12.8 Å². The Bertz CT molecular complexity index is 2230. The van der Waals surface area contributed by atoms with Crippen LogP contribution in [0.5, 0.6) is 0 Å². The van der Waals surface area contributed by atoms with E-state index in [1.807, 2.05) is 0 Å². The molecule has 1 heteroatoms. The molecule has 0 aliphatic carbocycles. The largest absolute Gasteiger partial charge is 4.00 e. The minimum absolute atomic E-state index is 0. The molecule has 0 atom stereocenters. The van der Waals surface area contributed by atoms with Gasteiger partial charge < -0.3 is 13.8 Å². The van der Waals surface area contributed by atoms with Gasteiger partial charge in [-0.15, -0.1) is 80.2 Å². The van der Waals surface area contributed by atoms with Gasteiger partial charge in [0.2, 0.25) is 0 Å². The predicted octanol–water partition coefficient (Wildman–Crippen LogP) is 15.3. The number of hydrogen-bond acceptors (Lipinski definition) is 0. The molecule has 52 heavy (non-hydrogen) atoms. The second kappa shape index (κ2) is 17.2. The van der Waals surface area contributed by atoms with E-state index in [0.29, 0.717) is 0 Å². The van der Waals surface area contributed by atoms with Gasteiger partial charge in [-0.05, 0) is 27.0 Å². The number of unbranched alkanes of at least 4 members (excludes halogenated alkanes) is 2. The van der Waals surface area contributed by atoms with Gasteiger partial charge in [0.05, 0.1) is 0 Å². The summed E-state index contributed by atoms with van der Waals surface area (Å²) < 4.78 is 0. The zero-order valence-electron chi connectivity index (χ0n) is 31.9.